The summed E-state index contributed by atoms with van der Waals surface area (Å²) in [7, 11) is 0. The lowest BCUT2D eigenvalue weighted by molar-refractivity contribution is 0.391. The Labute approximate surface area is 132 Å². The van der Waals surface area contributed by atoms with Crippen LogP contribution in [0.2, 0.25) is 0 Å². The standard InChI is InChI=1S/C20H22N2/c1-2-15-3-6-17(7-4-15)18-8-10-19(11-9-18)20-12-5-16(13-21)14-22-20/h3-7,12,14,18-19H,2,8-11H2,1H3. The van der Waals surface area contributed by atoms with E-state index in [0.717, 1.165) is 12.1 Å². The summed E-state index contributed by atoms with van der Waals surface area (Å²) in [5, 5.41) is 8.85. The molecule has 0 spiro atoms. The molecule has 0 radical (unpaired) electrons. The fourth-order valence-corrected chi connectivity index (χ4v) is 3.46. The fraction of sp³-hybridized carbons (Fsp3) is 0.400. The third kappa shape index (κ3) is 3.20. The number of hydrogen-bond acceptors (Lipinski definition) is 2. The molecular weight excluding hydrogens is 268 g/mol. The molecule has 1 heterocycles. The summed E-state index contributed by atoms with van der Waals surface area (Å²) < 4.78 is 0. The van der Waals surface area contributed by atoms with Crippen molar-refractivity contribution in [2.75, 3.05) is 0 Å². The number of hydrogen-bond donors (Lipinski definition) is 0. The van der Waals surface area contributed by atoms with Crippen LogP contribution in [0.1, 0.15) is 66.8 Å². The maximum Gasteiger partial charge on any atom is 0.101 e. The Morgan fingerprint density at radius 3 is 2.23 bits per heavy atom. The topological polar surface area (TPSA) is 36.7 Å². The first kappa shape index (κ1) is 14.8. The van der Waals surface area contributed by atoms with E-state index in [0.29, 0.717) is 17.4 Å². The van der Waals surface area contributed by atoms with Gasteiger partial charge in [-0.1, -0.05) is 31.2 Å². The summed E-state index contributed by atoms with van der Waals surface area (Å²) in [5.74, 6) is 1.25. The van der Waals surface area contributed by atoms with Gasteiger partial charge in [0.25, 0.3) is 0 Å². The van der Waals surface area contributed by atoms with Crippen LogP contribution in [0.4, 0.5) is 0 Å². The average Bonchev–Trinajstić information content (AvgIpc) is 2.62. The molecule has 1 fully saturated rings. The Balaban J connectivity index is 1.62. The predicted octanol–water partition coefficient (Wildman–Crippen LogP) is 4.96. The summed E-state index contributed by atoms with van der Waals surface area (Å²) >= 11 is 0. The first-order valence-corrected chi connectivity index (χ1v) is 8.25. The van der Waals surface area contributed by atoms with Crippen LogP contribution in [0.15, 0.2) is 42.6 Å². The number of rotatable bonds is 3. The monoisotopic (exact) mass is 290 g/mol. The Bertz CT molecular complexity index is 642. The van der Waals surface area contributed by atoms with E-state index in [9.17, 15) is 0 Å². The van der Waals surface area contributed by atoms with Crippen LogP contribution in [0, 0.1) is 11.3 Å². The number of nitriles is 1. The van der Waals surface area contributed by atoms with Crippen LogP contribution in [-0.4, -0.2) is 4.98 Å². The van der Waals surface area contributed by atoms with E-state index < -0.39 is 0 Å². The van der Waals surface area contributed by atoms with Gasteiger partial charge in [-0.2, -0.15) is 5.26 Å². The van der Waals surface area contributed by atoms with Crippen molar-refractivity contribution in [3.63, 3.8) is 0 Å². The summed E-state index contributed by atoms with van der Waals surface area (Å²) in [6, 6.07) is 15.2. The zero-order valence-corrected chi connectivity index (χ0v) is 13.1. The molecule has 1 saturated carbocycles. The molecule has 1 aromatic carbocycles. The third-order valence-electron chi connectivity index (χ3n) is 4.92. The molecule has 3 rings (SSSR count). The van der Waals surface area contributed by atoms with Gasteiger partial charge in [0.15, 0.2) is 0 Å². The van der Waals surface area contributed by atoms with Gasteiger partial charge in [0.2, 0.25) is 0 Å². The summed E-state index contributed by atoms with van der Waals surface area (Å²) in [4.78, 5) is 4.47. The molecule has 0 aliphatic heterocycles. The van der Waals surface area contributed by atoms with Crippen LogP contribution >= 0.6 is 0 Å². The van der Waals surface area contributed by atoms with Crippen LogP contribution < -0.4 is 0 Å². The molecule has 112 valence electrons. The normalized spacial score (nSPS) is 21.3. The highest BCUT2D eigenvalue weighted by Crippen LogP contribution is 2.39. The minimum absolute atomic E-state index is 0.555. The second-order valence-corrected chi connectivity index (χ2v) is 6.23. The van der Waals surface area contributed by atoms with E-state index >= 15 is 0 Å². The molecular formula is C20H22N2. The number of pyridine rings is 1. The van der Waals surface area contributed by atoms with Crippen molar-refractivity contribution in [1.29, 1.82) is 5.26 Å². The molecule has 0 atom stereocenters. The maximum absolute atomic E-state index is 8.85. The van der Waals surface area contributed by atoms with Crippen LogP contribution in [0.25, 0.3) is 0 Å². The molecule has 0 bridgehead atoms. The van der Waals surface area contributed by atoms with Crippen molar-refractivity contribution < 1.29 is 0 Å². The predicted molar refractivity (Wildman–Crippen MR) is 88.7 cm³/mol. The minimum atomic E-state index is 0.555. The van der Waals surface area contributed by atoms with Crippen molar-refractivity contribution in [3.8, 4) is 6.07 Å². The van der Waals surface area contributed by atoms with Gasteiger partial charge < -0.3 is 0 Å². The van der Waals surface area contributed by atoms with Gasteiger partial charge in [0.05, 0.1) is 5.56 Å². The fourth-order valence-electron chi connectivity index (χ4n) is 3.46. The summed E-state index contributed by atoms with van der Waals surface area (Å²) in [5.41, 5.74) is 4.70. The molecule has 1 aliphatic carbocycles. The highest BCUT2D eigenvalue weighted by molar-refractivity contribution is 5.29. The summed E-state index contributed by atoms with van der Waals surface area (Å²) in [6.45, 7) is 2.20. The first-order chi connectivity index (χ1) is 10.8. The van der Waals surface area contributed by atoms with Crippen molar-refractivity contribution in [3.05, 3.63) is 65.0 Å². The second kappa shape index (κ2) is 6.75. The Morgan fingerprint density at radius 2 is 1.68 bits per heavy atom. The molecule has 1 aromatic heterocycles. The molecule has 0 saturated heterocycles. The number of benzene rings is 1. The smallest absolute Gasteiger partial charge is 0.101 e. The molecule has 0 unspecified atom stereocenters. The maximum atomic E-state index is 8.85. The van der Waals surface area contributed by atoms with Crippen molar-refractivity contribution >= 4 is 0 Å². The van der Waals surface area contributed by atoms with E-state index in [1.165, 1.54) is 36.8 Å². The molecule has 0 amide bonds. The van der Waals surface area contributed by atoms with E-state index in [1.54, 1.807) is 6.20 Å². The zero-order valence-electron chi connectivity index (χ0n) is 13.1. The Morgan fingerprint density at radius 1 is 1.00 bits per heavy atom. The van der Waals surface area contributed by atoms with Crippen molar-refractivity contribution in [2.45, 2.75) is 50.9 Å². The highest BCUT2D eigenvalue weighted by Gasteiger charge is 2.24. The van der Waals surface area contributed by atoms with Gasteiger partial charge in [-0.3, -0.25) is 4.98 Å². The van der Waals surface area contributed by atoms with E-state index in [1.807, 2.05) is 12.1 Å². The second-order valence-electron chi connectivity index (χ2n) is 6.23. The van der Waals surface area contributed by atoms with Gasteiger partial charge >= 0.3 is 0 Å². The molecule has 2 aromatic rings. The largest absolute Gasteiger partial charge is 0.260 e. The van der Waals surface area contributed by atoms with Crippen molar-refractivity contribution in [1.82, 2.24) is 4.98 Å². The quantitative estimate of drug-likeness (QED) is 0.801. The number of aromatic nitrogens is 1. The van der Waals surface area contributed by atoms with Gasteiger partial charge in [-0.15, -0.1) is 0 Å². The van der Waals surface area contributed by atoms with Crippen LogP contribution in [0.3, 0.4) is 0 Å². The van der Waals surface area contributed by atoms with Gasteiger partial charge in [-0.25, -0.2) is 0 Å². The Kier molecular flexibility index (Phi) is 4.53. The highest BCUT2D eigenvalue weighted by atomic mass is 14.7. The third-order valence-corrected chi connectivity index (χ3v) is 4.92. The molecule has 22 heavy (non-hydrogen) atoms. The van der Waals surface area contributed by atoms with E-state index in [4.69, 9.17) is 5.26 Å². The van der Waals surface area contributed by atoms with Crippen LogP contribution in [-0.2, 0) is 6.42 Å². The van der Waals surface area contributed by atoms with Crippen LogP contribution in [0.5, 0.6) is 0 Å². The van der Waals surface area contributed by atoms with E-state index in [2.05, 4.69) is 42.2 Å². The molecule has 2 nitrogen and oxygen atoms in total. The minimum Gasteiger partial charge on any atom is -0.260 e. The lowest BCUT2D eigenvalue weighted by Crippen LogP contribution is -2.13. The van der Waals surface area contributed by atoms with Gasteiger partial charge in [0.1, 0.15) is 6.07 Å². The summed E-state index contributed by atoms with van der Waals surface area (Å²) in [6.07, 6.45) is 7.66. The SMILES string of the molecule is CCc1ccc(C2CCC(c3ccc(C#N)cn3)CC2)cc1. The lowest BCUT2D eigenvalue weighted by Gasteiger charge is -2.28. The first-order valence-electron chi connectivity index (χ1n) is 8.25. The zero-order chi connectivity index (χ0) is 15.4. The Hall–Kier alpha value is -2.14. The lowest BCUT2D eigenvalue weighted by atomic mass is 9.77. The molecule has 1 aliphatic rings. The van der Waals surface area contributed by atoms with Gasteiger partial charge in [-0.05, 0) is 61.3 Å². The number of nitrogens with zero attached hydrogens (tertiary/aromatic N) is 2. The van der Waals surface area contributed by atoms with Crippen molar-refractivity contribution in [2.24, 2.45) is 0 Å². The number of aryl methyl sites for hydroxylation is 1. The van der Waals surface area contributed by atoms with E-state index in [-0.39, 0.29) is 0 Å². The molecule has 0 N–H and O–H groups in total. The molecule has 2 heteroatoms. The van der Waals surface area contributed by atoms with Gasteiger partial charge in [0, 0.05) is 17.8 Å². The average molecular weight is 290 g/mol.